The fourth-order valence-electron chi connectivity index (χ4n) is 3.86. The van der Waals surface area contributed by atoms with Gasteiger partial charge in [0.15, 0.2) is 11.5 Å². The normalized spacial score (nSPS) is 19.9. The number of fused-ring (bicyclic) bond motifs is 2. The summed E-state index contributed by atoms with van der Waals surface area (Å²) >= 11 is 3.44. The van der Waals surface area contributed by atoms with Crippen molar-refractivity contribution in [3.05, 3.63) is 51.5 Å². The molecule has 0 saturated heterocycles. The number of hydrogen-bond donors (Lipinski definition) is 1. The Balaban J connectivity index is 1.70. The molecule has 0 saturated carbocycles. The fourth-order valence-corrected chi connectivity index (χ4v) is 4.12. The molecule has 0 aliphatic carbocycles. The Kier molecular flexibility index (Phi) is 4.82. The maximum absolute atomic E-state index is 10.8. The van der Waals surface area contributed by atoms with Crippen LogP contribution in [0.25, 0.3) is 0 Å². The van der Waals surface area contributed by atoms with Gasteiger partial charge in [-0.05, 0) is 49.2 Å². The summed E-state index contributed by atoms with van der Waals surface area (Å²) in [6.07, 6.45) is 0.946. The van der Waals surface area contributed by atoms with Gasteiger partial charge in [-0.1, -0.05) is 28.1 Å². The highest BCUT2D eigenvalue weighted by atomic mass is 79.9. The molecule has 2 heterocycles. The van der Waals surface area contributed by atoms with Crippen molar-refractivity contribution in [2.24, 2.45) is 0 Å². The maximum Gasteiger partial charge on any atom is 0.231 e. The molecule has 2 aromatic carbocycles. The molecule has 0 bridgehead atoms. The Bertz CT molecular complexity index is 808. The summed E-state index contributed by atoms with van der Waals surface area (Å²) in [4.78, 5) is 2.27. The fraction of sp³-hybridized carbons (Fsp3) is 0.400. The molecule has 2 aliphatic heterocycles. The lowest BCUT2D eigenvalue weighted by Crippen LogP contribution is -2.33. The highest BCUT2D eigenvalue weighted by Gasteiger charge is 2.35. The molecule has 138 valence electrons. The zero-order valence-corrected chi connectivity index (χ0v) is 16.5. The summed E-state index contributed by atoms with van der Waals surface area (Å²) in [5.74, 6) is 2.15. The van der Waals surface area contributed by atoms with E-state index in [0.29, 0.717) is 12.2 Å². The van der Waals surface area contributed by atoms with E-state index in [4.69, 9.17) is 14.2 Å². The summed E-state index contributed by atoms with van der Waals surface area (Å²) in [5, 5.41) is 10.8. The summed E-state index contributed by atoms with van der Waals surface area (Å²) in [6, 6.07) is 9.92. The van der Waals surface area contributed by atoms with E-state index in [1.165, 1.54) is 5.56 Å². The zero-order chi connectivity index (χ0) is 18.3. The molecule has 1 N–H and O–H groups in total. The van der Waals surface area contributed by atoms with E-state index in [-0.39, 0.29) is 12.8 Å². The Morgan fingerprint density at radius 2 is 2.08 bits per heavy atom. The molecule has 2 aliphatic rings. The second kappa shape index (κ2) is 7.10. The number of benzene rings is 2. The second-order valence-electron chi connectivity index (χ2n) is 6.77. The first-order valence-corrected chi connectivity index (χ1v) is 9.51. The van der Waals surface area contributed by atoms with Crippen molar-refractivity contribution in [3.8, 4) is 17.2 Å². The molecule has 0 fully saturated rings. The van der Waals surface area contributed by atoms with Crippen LogP contribution in [0.1, 0.15) is 35.3 Å². The zero-order valence-electron chi connectivity index (χ0n) is 14.9. The highest BCUT2D eigenvalue weighted by Crippen LogP contribution is 2.50. The van der Waals surface area contributed by atoms with Crippen molar-refractivity contribution < 1.29 is 19.3 Å². The number of nitrogens with zero attached hydrogens (tertiary/aromatic N) is 1. The minimum Gasteiger partial charge on any atom is -0.492 e. The first-order chi connectivity index (χ1) is 12.6. The second-order valence-corrected chi connectivity index (χ2v) is 7.68. The van der Waals surface area contributed by atoms with E-state index in [9.17, 15) is 5.11 Å². The molecule has 6 heteroatoms. The number of likely N-dealkylation sites (N-methyl/N-ethyl adjacent to an activating group) is 1. The van der Waals surface area contributed by atoms with Gasteiger partial charge in [0.2, 0.25) is 12.5 Å². The van der Waals surface area contributed by atoms with Crippen LogP contribution in [-0.2, 0) is 6.42 Å². The summed E-state index contributed by atoms with van der Waals surface area (Å²) in [6.45, 7) is 1.14. The predicted molar refractivity (Wildman–Crippen MR) is 102 cm³/mol. The number of methoxy groups -OCH3 is 1. The Morgan fingerprint density at radius 1 is 1.31 bits per heavy atom. The van der Waals surface area contributed by atoms with Gasteiger partial charge in [0, 0.05) is 22.6 Å². The Hall–Kier alpha value is -1.76. The third kappa shape index (κ3) is 3.06. The monoisotopic (exact) mass is 419 g/mol. The Labute approximate surface area is 161 Å². The number of hydrogen-bond acceptors (Lipinski definition) is 5. The number of halogens is 1. The first-order valence-electron chi connectivity index (χ1n) is 8.71. The van der Waals surface area contributed by atoms with Crippen LogP contribution in [0.3, 0.4) is 0 Å². The quantitative estimate of drug-likeness (QED) is 0.815. The van der Waals surface area contributed by atoms with Crippen molar-refractivity contribution in [1.82, 2.24) is 4.90 Å². The van der Waals surface area contributed by atoms with Crippen LogP contribution in [0.15, 0.2) is 34.8 Å². The van der Waals surface area contributed by atoms with Crippen molar-refractivity contribution >= 4 is 15.9 Å². The molecule has 5 nitrogen and oxygen atoms in total. The number of ether oxygens (including phenoxy) is 3. The maximum atomic E-state index is 10.8. The molecule has 2 aromatic rings. The molecule has 0 aromatic heterocycles. The molecular weight excluding hydrogens is 398 g/mol. The van der Waals surface area contributed by atoms with Crippen molar-refractivity contribution in [1.29, 1.82) is 0 Å². The van der Waals surface area contributed by atoms with Crippen LogP contribution in [0, 0.1) is 0 Å². The average molecular weight is 420 g/mol. The molecular formula is C20H22BrNO4. The standard InChI is InChI=1S/C20H22BrNO4/c1-22-8-7-13-9-17-19(26-11-25-17)20(24-2)18(13)15(22)10-16(23)12-3-5-14(21)6-4-12/h3-6,9,15-16,23H,7-8,10-11H2,1-2H3/t15-,16-/m1/s1. The number of rotatable bonds is 4. The van der Waals surface area contributed by atoms with Gasteiger partial charge in [0.25, 0.3) is 0 Å². The minimum absolute atomic E-state index is 0.0434. The number of aliphatic hydroxyl groups is 1. The van der Waals surface area contributed by atoms with Gasteiger partial charge < -0.3 is 19.3 Å². The van der Waals surface area contributed by atoms with E-state index in [1.54, 1.807) is 7.11 Å². The van der Waals surface area contributed by atoms with Gasteiger partial charge >= 0.3 is 0 Å². The first kappa shape index (κ1) is 17.6. The molecule has 0 unspecified atom stereocenters. The lowest BCUT2D eigenvalue weighted by molar-refractivity contribution is 0.107. The van der Waals surface area contributed by atoms with E-state index in [1.807, 2.05) is 24.3 Å². The van der Waals surface area contributed by atoms with Gasteiger partial charge in [-0.25, -0.2) is 0 Å². The lowest BCUT2D eigenvalue weighted by Gasteiger charge is -2.37. The smallest absolute Gasteiger partial charge is 0.231 e. The molecule has 0 radical (unpaired) electrons. The SMILES string of the molecule is COc1c2c(cc3c1[C@@H](C[C@@H](O)c1ccc(Br)cc1)N(C)CC3)OCO2. The van der Waals surface area contributed by atoms with Gasteiger partial charge in [0.1, 0.15) is 0 Å². The van der Waals surface area contributed by atoms with E-state index in [0.717, 1.165) is 40.1 Å². The highest BCUT2D eigenvalue weighted by molar-refractivity contribution is 9.10. The summed E-state index contributed by atoms with van der Waals surface area (Å²) in [7, 11) is 3.75. The van der Waals surface area contributed by atoms with E-state index in [2.05, 4.69) is 33.9 Å². The van der Waals surface area contributed by atoms with Crippen LogP contribution >= 0.6 is 15.9 Å². The molecule has 0 spiro atoms. The van der Waals surface area contributed by atoms with Crippen LogP contribution in [0.5, 0.6) is 17.2 Å². The van der Waals surface area contributed by atoms with Crippen LogP contribution in [-0.4, -0.2) is 37.5 Å². The van der Waals surface area contributed by atoms with Crippen molar-refractivity contribution in [2.45, 2.75) is 25.0 Å². The van der Waals surface area contributed by atoms with Gasteiger partial charge in [-0.3, -0.25) is 4.90 Å². The van der Waals surface area contributed by atoms with Crippen molar-refractivity contribution in [3.63, 3.8) is 0 Å². The van der Waals surface area contributed by atoms with Crippen LogP contribution < -0.4 is 14.2 Å². The summed E-state index contributed by atoms with van der Waals surface area (Å²) in [5.41, 5.74) is 3.22. The van der Waals surface area contributed by atoms with Crippen molar-refractivity contribution in [2.75, 3.05) is 27.5 Å². The van der Waals surface area contributed by atoms with Gasteiger partial charge in [0.05, 0.1) is 13.2 Å². The Morgan fingerprint density at radius 3 is 2.81 bits per heavy atom. The minimum atomic E-state index is -0.559. The largest absolute Gasteiger partial charge is 0.492 e. The summed E-state index contributed by atoms with van der Waals surface area (Å²) < 4.78 is 17.9. The van der Waals surface area contributed by atoms with Gasteiger partial charge in [-0.2, -0.15) is 0 Å². The predicted octanol–water partition coefficient (Wildman–Crippen LogP) is 3.84. The van der Waals surface area contributed by atoms with Crippen LogP contribution in [0.4, 0.5) is 0 Å². The molecule has 26 heavy (non-hydrogen) atoms. The van der Waals surface area contributed by atoms with E-state index >= 15 is 0 Å². The molecule has 4 rings (SSSR count). The average Bonchev–Trinajstić information content (AvgIpc) is 3.11. The number of aliphatic hydroxyl groups excluding tert-OH is 1. The lowest BCUT2D eigenvalue weighted by atomic mass is 9.87. The third-order valence-electron chi connectivity index (χ3n) is 5.25. The van der Waals surface area contributed by atoms with E-state index < -0.39 is 6.10 Å². The molecule has 2 atom stereocenters. The van der Waals surface area contributed by atoms with Gasteiger partial charge in [-0.15, -0.1) is 0 Å². The van der Waals surface area contributed by atoms with Crippen LogP contribution in [0.2, 0.25) is 0 Å². The molecule has 0 amide bonds. The third-order valence-corrected chi connectivity index (χ3v) is 5.78. The topological polar surface area (TPSA) is 51.2 Å².